The van der Waals surface area contributed by atoms with E-state index in [0.29, 0.717) is 5.92 Å². The fourth-order valence-electron chi connectivity index (χ4n) is 9.51. The number of hydrogen-bond donors (Lipinski definition) is 2. The van der Waals surface area contributed by atoms with Gasteiger partial charge in [-0.3, -0.25) is 5.32 Å². The van der Waals surface area contributed by atoms with Gasteiger partial charge in [-0.2, -0.15) is 0 Å². The second-order valence-corrected chi connectivity index (χ2v) is 18.0. The minimum atomic E-state index is -0.139. The molecule has 0 spiro atoms. The Balaban J connectivity index is 1.04. The predicted octanol–water partition coefficient (Wildman–Crippen LogP) is 11.9. The maximum Gasteiger partial charge on any atom is 0.129 e. The lowest BCUT2D eigenvalue weighted by atomic mass is 9.95. The normalized spacial score (nSPS) is 19.4. The second kappa shape index (κ2) is 13.5. The van der Waals surface area contributed by atoms with Crippen LogP contribution < -0.4 is 20.4 Å². The minimum absolute atomic E-state index is 0.0230. The summed E-state index contributed by atoms with van der Waals surface area (Å²) in [6.45, 7) is 2.28. The van der Waals surface area contributed by atoms with Crippen LogP contribution in [0.25, 0.3) is 80.5 Å². The van der Waals surface area contributed by atoms with Crippen molar-refractivity contribution in [1.29, 1.82) is 0 Å². The van der Waals surface area contributed by atoms with Gasteiger partial charge in [0.1, 0.15) is 18.2 Å². The van der Waals surface area contributed by atoms with Crippen molar-refractivity contribution in [2.45, 2.75) is 38.5 Å². The smallest absolute Gasteiger partial charge is 0.129 e. The van der Waals surface area contributed by atoms with Crippen LogP contribution in [0.15, 0.2) is 162 Å². The molecule has 9 aromatic rings. The molecule has 0 bridgehead atoms. The molecule has 280 valence electrons. The summed E-state index contributed by atoms with van der Waals surface area (Å²) < 4.78 is 7.74. The first-order valence-electron chi connectivity index (χ1n) is 20.4. The highest BCUT2D eigenvalue weighted by Gasteiger charge is 2.29. The molecule has 4 nitrogen and oxygen atoms in total. The van der Waals surface area contributed by atoms with Gasteiger partial charge in [0.05, 0.1) is 11.0 Å². The Hall–Kier alpha value is -6.05. The van der Waals surface area contributed by atoms with E-state index in [0.717, 1.165) is 25.1 Å². The number of fused-ring (bicyclic) bond motifs is 9. The van der Waals surface area contributed by atoms with E-state index in [4.69, 9.17) is 4.99 Å². The maximum absolute atomic E-state index is 5.42. The molecule has 3 atom stereocenters. The quantitative estimate of drug-likeness (QED) is 0.182. The number of thiophene rings is 2. The van der Waals surface area contributed by atoms with Crippen molar-refractivity contribution in [3.05, 3.63) is 173 Å². The Labute approximate surface area is 344 Å². The van der Waals surface area contributed by atoms with Crippen molar-refractivity contribution in [3.63, 3.8) is 0 Å². The summed E-state index contributed by atoms with van der Waals surface area (Å²) in [7, 11) is 0. The zero-order valence-electron chi connectivity index (χ0n) is 32.1. The Morgan fingerprint density at radius 2 is 1.45 bits per heavy atom. The average molecular weight is 785 g/mol. The van der Waals surface area contributed by atoms with E-state index >= 15 is 0 Å². The number of rotatable bonds is 5. The van der Waals surface area contributed by atoms with Crippen LogP contribution in [0.1, 0.15) is 37.9 Å². The van der Waals surface area contributed by atoms with Gasteiger partial charge in [-0.25, -0.2) is 4.99 Å². The lowest BCUT2D eigenvalue weighted by molar-refractivity contribution is 0.440. The Morgan fingerprint density at radius 3 is 2.26 bits per heavy atom. The zero-order valence-corrected chi connectivity index (χ0v) is 33.7. The largest absolute Gasteiger partial charge is 0.351 e. The topological polar surface area (TPSA) is 41.4 Å². The van der Waals surface area contributed by atoms with Crippen molar-refractivity contribution in [2.75, 3.05) is 0 Å². The molecule has 0 fully saturated rings. The van der Waals surface area contributed by atoms with Crippen molar-refractivity contribution in [3.8, 4) is 16.8 Å². The van der Waals surface area contributed by atoms with Gasteiger partial charge < -0.3 is 9.88 Å². The Kier molecular flexibility index (Phi) is 7.94. The maximum atomic E-state index is 5.42. The average Bonchev–Trinajstić information content (AvgIpc) is 3.96. The first kappa shape index (κ1) is 34.0. The summed E-state index contributed by atoms with van der Waals surface area (Å²) in [5.74, 6) is 1.57. The number of aliphatic imine (C=N–C) groups is 1. The number of amidine groups is 1. The number of hydrogen-bond acceptors (Lipinski definition) is 5. The van der Waals surface area contributed by atoms with Gasteiger partial charge in [-0.15, -0.1) is 22.7 Å². The van der Waals surface area contributed by atoms with Crippen LogP contribution in [0.5, 0.6) is 0 Å². The number of allylic oxidation sites excluding steroid dienone is 2. The third-order valence-electron chi connectivity index (χ3n) is 12.3. The number of aromatic nitrogens is 1. The number of para-hydroxylation sites is 2. The predicted molar refractivity (Wildman–Crippen MR) is 249 cm³/mol. The summed E-state index contributed by atoms with van der Waals surface area (Å²) in [6.07, 6.45) is 12.3. The molecule has 3 unspecified atom stereocenters. The van der Waals surface area contributed by atoms with Crippen molar-refractivity contribution in [2.24, 2.45) is 10.9 Å². The molecule has 6 aromatic carbocycles. The lowest BCUT2D eigenvalue weighted by Gasteiger charge is -2.34. The summed E-state index contributed by atoms with van der Waals surface area (Å²) in [4.78, 5) is 5.42. The monoisotopic (exact) mass is 784 g/mol. The molecule has 3 aromatic heterocycles. The molecule has 2 N–H and O–H groups in total. The van der Waals surface area contributed by atoms with E-state index in [1.54, 1.807) is 0 Å². The van der Waals surface area contributed by atoms with Gasteiger partial charge in [0.2, 0.25) is 0 Å². The zero-order chi connectivity index (χ0) is 38.3. The van der Waals surface area contributed by atoms with E-state index in [1.807, 2.05) is 22.7 Å². The highest BCUT2D eigenvalue weighted by atomic mass is 32.1. The van der Waals surface area contributed by atoms with Crippen LogP contribution in [0, 0.1) is 5.92 Å². The van der Waals surface area contributed by atoms with E-state index in [-0.39, 0.29) is 12.3 Å². The molecule has 4 heterocycles. The molecule has 0 amide bonds. The van der Waals surface area contributed by atoms with Crippen LogP contribution in [0.3, 0.4) is 0 Å². The molecule has 12 rings (SSSR count). The highest BCUT2D eigenvalue weighted by molar-refractivity contribution is 7.26. The summed E-state index contributed by atoms with van der Waals surface area (Å²) in [5.41, 5.74) is 10.0. The summed E-state index contributed by atoms with van der Waals surface area (Å²) in [6, 6.07) is 49.1. The number of nitrogens with zero attached hydrogens (tertiary/aromatic N) is 2. The third-order valence-corrected chi connectivity index (χ3v) is 14.8. The first-order chi connectivity index (χ1) is 28.7. The van der Waals surface area contributed by atoms with E-state index in [9.17, 15) is 0 Å². The molecule has 1 aliphatic heterocycles. The SMILES string of the molecule is CC1C=CC(C2NC(C3=c4sc5c(-c6cccc7sc8ccc(-n9c%10ccccc%10c%10ccccc%109)cc8c67)cccc5c4=CCC3)=NC(c3ccccc3)N2)=CC1. The molecular weight excluding hydrogens is 745 g/mol. The van der Waals surface area contributed by atoms with E-state index in [1.165, 1.54) is 95.3 Å². The number of nitrogens with one attached hydrogen (secondary N) is 2. The van der Waals surface area contributed by atoms with Gasteiger partial charge in [0.15, 0.2) is 0 Å². The molecular formula is C52H40N4S2. The second-order valence-electron chi connectivity index (χ2n) is 15.9. The molecule has 0 saturated heterocycles. The van der Waals surface area contributed by atoms with Crippen LogP contribution in [-0.2, 0) is 0 Å². The summed E-state index contributed by atoms with van der Waals surface area (Å²) >= 11 is 3.83. The third kappa shape index (κ3) is 5.39. The number of benzene rings is 6. The Morgan fingerprint density at radius 1 is 0.690 bits per heavy atom. The van der Waals surface area contributed by atoms with E-state index in [2.05, 4.69) is 180 Å². The van der Waals surface area contributed by atoms with Gasteiger partial charge in [-0.1, -0.05) is 128 Å². The van der Waals surface area contributed by atoms with Crippen molar-refractivity contribution in [1.82, 2.24) is 15.2 Å². The molecule has 0 saturated carbocycles. The van der Waals surface area contributed by atoms with Crippen LogP contribution in [-0.4, -0.2) is 16.6 Å². The molecule has 0 radical (unpaired) electrons. The first-order valence-corrected chi connectivity index (χ1v) is 22.0. The van der Waals surface area contributed by atoms with Crippen molar-refractivity contribution >= 4 is 92.2 Å². The Bertz CT molecular complexity index is 3310. The minimum Gasteiger partial charge on any atom is -0.351 e. The van der Waals surface area contributed by atoms with Gasteiger partial charge in [0.25, 0.3) is 0 Å². The van der Waals surface area contributed by atoms with Crippen LogP contribution in [0.4, 0.5) is 0 Å². The van der Waals surface area contributed by atoms with Gasteiger partial charge in [-0.05, 0) is 83.5 Å². The molecule has 3 aliphatic rings. The molecule has 58 heavy (non-hydrogen) atoms. The lowest BCUT2D eigenvalue weighted by Crippen LogP contribution is -2.53. The summed E-state index contributed by atoms with van der Waals surface area (Å²) in [5, 5.41) is 15.6. The molecule has 6 heteroatoms. The highest BCUT2D eigenvalue weighted by Crippen LogP contribution is 2.44. The fraction of sp³-hybridized carbons (Fsp3) is 0.135. The molecule has 2 aliphatic carbocycles. The standard InChI is InChI=1S/C52H40N4S2/c1-31-24-26-33(27-25-31)51-53-50(32-12-3-2-4-13-32)54-52(55-51)41-20-10-19-40-39-18-9-17-38(48(39)58-49(40)41)37-16-11-23-46-47(37)42-30-34(28-29-45(42)57-46)56-43-21-7-5-14-35(43)36-15-6-8-22-44(36)56/h2-9,11-19,21-24,26-31,50-51,53H,10,20,25H2,1H3,(H,54,55). The van der Waals surface area contributed by atoms with E-state index < -0.39 is 0 Å². The van der Waals surface area contributed by atoms with Crippen LogP contribution in [0.2, 0.25) is 0 Å². The van der Waals surface area contributed by atoms with Crippen LogP contribution >= 0.6 is 22.7 Å². The van der Waals surface area contributed by atoms with Gasteiger partial charge >= 0.3 is 0 Å². The van der Waals surface area contributed by atoms with Gasteiger partial charge in [0, 0.05) is 62.4 Å². The fourth-order valence-corrected chi connectivity index (χ4v) is 12.0. The van der Waals surface area contributed by atoms with Crippen molar-refractivity contribution < 1.29 is 0 Å².